The highest BCUT2D eigenvalue weighted by Crippen LogP contribution is 2.31. The van der Waals surface area contributed by atoms with Crippen molar-refractivity contribution in [2.24, 2.45) is 0 Å². The van der Waals surface area contributed by atoms with Crippen molar-refractivity contribution < 1.29 is 9.18 Å². The fraction of sp³-hybridized carbons (Fsp3) is 0.222. The van der Waals surface area contributed by atoms with Crippen LogP contribution >= 0.6 is 23.1 Å². The van der Waals surface area contributed by atoms with Crippen LogP contribution in [-0.2, 0) is 11.2 Å². The number of thioether (sulfide) groups is 1. The first-order chi connectivity index (χ1) is 11.6. The van der Waals surface area contributed by atoms with Crippen LogP contribution in [0.15, 0.2) is 52.9 Å². The molecule has 3 rings (SSSR count). The third kappa shape index (κ3) is 4.33. The van der Waals surface area contributed by atoms with E-state index in [9.17, 15) is 9.18 Å². The number of para-hydroxylation sites is 1. The quantitative estimate of drug-likeness (QED) is 0.667. The number of nitrogens with zero attached hydrogens (tertiary/aromatic N) is 1. The SMILES string of the molecule is CC(Sc1nc2ccccc2s1)C(=O)NCCc1ccc(F)cc1. The molecular formula is C18H17FN2OS2. The van der Waals surface area contributed by atoms with Crippen LogP contribution in [0.3, 0.4) is 0 Å². The van der Waals surface area contributed by atoms with E-state index >= 15 is 0 Å². The first-order valence-electron chi connectivity index (χ1n) is 7.66. The molecule has 1 atom stereocenters. The molecule has 0 aliphatic heterocycles. The predicted octanol–water partition coefficient (Wildman–Crippen LogP) is 4.27. The van der Waals surface area contributed by atoms with Gasteiger partial charge < -0.3 is 5.32 Å². The fourth-order valence-corrected chi connectivity index (χ4v) is 4.47. The summed E-state index contributed by atoms with van der Waals surface area (Å²) in [7, 11) is 0. The van der Waals surface area contributed by atoms with Gasteiger partial charge in [0.15, 0.2) is 4.34 Å². The number of halogens is 1. The molecule has 0 radical (unpaired) electrons. The van der Waals surface area contributed by atoms with Crippen molar-refractivity contribution in [3.05, 3.63) is 59.9 Å². The number of amides is 1. The topological polar surface area (TPSA) is 42.0 Å². The minimum Gasteiger partial charge on any atom is -0.355 e. The van der Waals surface area contributed by atoms with Crippen LogP contribution in [0.4, 0.5) is 4.39 Å². The molecule has 0 bridgehead atoms. The summed E-state index contributed by atoms with van der Waals surface area (Å²) in [5, 5.41) is 2.71. The van der Waals surface area contributed by atoms with Crippen molar-refractivity contribution in [1.82, 2.24) is 10.3 Å². The number of benzene rings is 2. The second kappa shape index (κ2) is 7.77. The van der Waals surface area contributed by atoms with Gasteiger partial charge in [-0.3, -0.25) is 4.79 Å². The first kappa shape index (κ1) is 16.9. The van der Waals surface area contributed by atoms with Gasteiger partial charge in [-0.05, 0) is 43.2 Å². The number of hydrogen-bond donors (Lipinski definition) is 1. The lowest BCUT2D eigenvalue weighted by Gasteiger charge is -2.10. The minimum absolute atomic E-state index is 0.0126. The number of carbonyl (C=O) groups excluding carboxylic acids is 1. The summed E-state index contributed by atoms with van der Waals surface area (Å²) in [6, 6.07) is 14.3. The van der Waals surface area contributed by atoms with E-state index in [1.54, 1.807) is 23.5 Å². The van der Waals surface area contributed by atoms with Gasteiger partial charge in [-0.15, -0.1) is 11.3 Å². The van der Waals surface area contributed by atoms with Gasteiger partial charge in [-0.25, -0.2) is 9.37 Å². The van der Waals surface area contributed by atoms with Crippen molar-refractivity contribution >= 4 is 39.2 Å². The number of carbonyl (C=O) groups is 1. The lowest BCUT2D eigenvalue weighted by molar-refractivity contribution is -0.120. The van der Waals surface area contributed by atoms with Gasteiger partial charge in [0.05, 0.1) is 15.5 Å². The maximum atomic E-state index is 12.8. The third-order valence-corrected chi connectivity index (χ3v) is 5.78. The van der Waals surface area contributed by atoms with Gasteiger partial charge in [0.1, 0.15) is 5.82 Å². The molecule has 24 heavy (non-hydrogen) atoms. The highest BCUT2D eigenvalue weighted by Gasteiger charge is 2.16. The van der Waals surface area contributed by atoms with Crippen LogP contribution in [0.1, 0.15) is 12.5 Å². The molecule has 1 unspecified atom stereocenters. The zero-order valence-corrected chi connectivity index (χ0v) is 14.8. The van der Waals surface area contributed by atoms with E-state index in [1.807, 2.05) is 31.2 Å². The molecule has 1 heterocycles. The van der Waals surface area contributed by atoms with E-state index in [2.05, 4.69) is 10.3 Å². The lowest BCUT2D eigenvalue weighted by atomic mass is 10.1. The molecule has 3 nitrogen and oxygen atoms in total. The van der Waals surface area contributed by atoms with Gasteiger partial charge >= 0.3 is 0 Å². The Morgan fingerprint density at radius 1 is 1.25 bits per heavy atom. The summed E-state index contributed by atoms with van der Waals surface area (Å²) < 4.78 is 14.9. The number of fused-ring (bicyclic) bond motifs is 1. The van der Waals surface area contributed by atoms with Crippen molar-refractivity contribution in [2.45, 2.75) is 22.9 Å². The van der Waals surface area contributed by atoms with Crippen LogP contribution < -0.4 is 5.32 Å². The van der Waals surface area contributed by atoms with Crippen LogP contribution in [0.2, 0.25) is 0 Å². The second-order valence-corrected chi connectivity index (χ2v) is 7.99. The number of thiazole rings is 1. The van der Waals surface area contributed by atoms with Gasteiger partial charge in [0.25, 0.3) is 0 Å². The van der Waals surface area contributed by atoms with Gasteiger partial charge in [-0.2, -0.15) is 0 Å². The predicted molar refractivity (Wildman–Crippen MR) is 98.1 cm³/mol. The van der Waals surface area contributed by atoms with Gasteiger partial charge in [0, 0.05) is 6.54 Å². The largest absolute Gasteiger partial charge is 0.355 e. The van der Waals surface area contributed by atoms with Crippen LogP contribution in [0.25, 0.3) is 10.2 Å². The zero-order chi connectivity index (χ0) is 16.9. The highest BCUT2D eigenvalue weighted by molar-refractivity contribution is 8.02. The fourth-order valence-electron chi connectivity index (χ4n) is 2.23. The Bertz CT molecular complexity index is 799. The lowest BCUT2D eigenvalue weighted by Crippen LogP contribution is -2.32. The molecule has 1 N–H and O–H groups in total. The molecule has 0 spiro atoms. The minimum atomic E-state index is -0.247. The van der Waals surface area contributed by atoms with Gasteiger partial charge in [-0.1, -0.05) is 36.0 Å². The van der Waals surface area contributed by atoms with Crippen LogP contribution in [-0.4, -0.2) is 22.7 Å². The Morgan fingerprint density at radius 2 is 2.00 bits per heavy atom. The molecule has 0 saturated carbocycles. The first-order valence-corrected chi connectivity index (χ1v) is 9.36. The van der Waals surface area contributed by atoms with Gasteiger partial charge in [0.2, 0.25) is 5.91 Å². The molecule has 124 valence electrons. The van der Waals surface area contributed by atoms with Crippen molar-refractivity contribution in [1.29, 1.82) is 0 Å². The Balaban J connectivity index is 1.50. The molecular weight excluding hydrogens is 343 g/mol. The molecule has 0 fully saturated rings. The monoisotopic (exact) mass is 360 g/mol. The summed E-state index contributed by atoms with van der Waals surface area (Å²) in [4.78, 5) is 16.7. The molecule has 0 saturated heterocycles. The molecule has 2 aromatic carbocycles. The molecule has 0 aliphatic carbocycles. The number of hydrogen-bond acceptors (Lipinski definition) is 4. The summed E-state index contributed by atoms with van der Waals surface area (Å²) in [6.07, 6.45) is 0.685. The van der Waals surface area contributed by atoms with Crippen LogP contribution in [0.5, 0.6) is 0 Å². The molecule has 0 aliphatic rings. The maximum absolute atomic E-state index is 12.8. The maximum Gasteiger partial charge on any atom is 0.233 e. The highest BCUT2D eigenvalue weighted by atomic mass is 32.2. The van der Waals surface area contributed by atoms with E-state index in [4.69, 9.17) is 0 Å². The summed E-state index contributed by atoms with van der Waals surface area (Å²) >= 11 is 3.07. The summed E-state index contributed by atoms with van der Waals surface area (Å²) in [5.41, 5.74) is 1.97. The number of aromatic nitrogens is 1. The van der Waals surface area contributed by atoms with Crippen molar-refractivity contribution in [2.75, 3.05) is 6.54 Å². The molecule has 6 heteroatoms. The van der Waals surface area contributed by atoms with E-state index < -0.39 is 0 Å². The van der Waals surface area contributed by atoms with Crippen LogP contribution in [0, 0.1) is 5.82 Å². The Kier molecular flexibility index (Phi) is 5.48. The van der Waals surface area contributed by atoms with E-state index in [1.165, 1.54) is 23.9 Å². The Morgan fingerprint density at radius 3 is 2.75 bits per heavy atom. The van der Waals surface area contributed by atoms with Crippen molar-refractivity contribution in [3.63, 3.8) is 0 Å². The molecule has 1 amide bonds. The Hall–Kier alpha value is -1.92. The standard InChI is InChI=1S/C18H17FN2OS2/c1-12(23-18-21-15-4-2-3-5-16(15)24-18)17(22)20-11-10-13-6-8-14(19)9-7-13/h2-9,12H,10-11H2,1H3,(H,20,22). The average Bonchev–Trinajstić information content (AvgIpc) is 2.98. The Labute approximate surface area is 148 Å². The third-order valence-electron chi connectivity index (χ3n) is 3.55. The number of rotatable bonds is 6. The summed E-state index contributed by atoms with van der Waals surface area (Å²) in [6.45, 7) is 2.42. The average molecular weight is 360 g/mol. The normalized spacial score (nSPS) is 12.2. The second-order valence-electron chi connectivity index (χ2n) is 5.38. The van der Waals surface area contributed by atoms with E-state index in [-0.39, 0.29) is 17.0 Å². The summed E-state index contributed by atoms with van der Waals surface area (Å²) in [5.74, 6) is -0.259. The molecule has 1 aromatic heterocycles. The van der Waals surface area contributed by atoms with E-state index in [0.717, 1.165) is 20.1 Å². The molecule has 3 aromatic rings. The number of nitrogens with one attached hydrogen (secondary N) is 1. The smallest absolute Gasteiger partial charge is 0.233 e. The zero-order valence-electron chi connectivity index (χ0n) is 13.2. The van der Waals surface area contributed by atoms with Crippen molar-refractivity contribution in [3.8, 4) is 0 Å². The van der Waals surface area contributed by atoms with E-state index in [0.29, 0.717) is 13.0 Å².